The summed E-state index contributed by atoms with van der Waals surface area (Å²) in [5.41, 5.74) is 0. The predicted molar refractivity (Wildman–Crippen MR) is 50.1 cm³/mol. The van der Waals surface area contributed by atoms with Gasteiger partial charge in [-0.05, 0) is 18.9 Å². The van der Waals surface area contributed by atoms with Gasteiger partial charge in [-0.25, -0.2) is 0 Å². The van der Waals surface area contributed by atoms with Gasteiger partial charge in [0.1, 0.15) is 5.78 Å². The Hall–Kier alpha value is -0.370. The summed E-state index contributed by atoms with van der Waals surface area (Å²) in [5.74, 6) is 0.956. The van der Waals surface area contributed by atoms with Crippen molar-refractivity contribution in [2.75, 3.05) is 6.54 Å². The molecule has 2 nitrogen and oxygen atoms in total. The molecular weight excluding hydrogens is 150 g/mol. The monoisotopic (exact) mass is 169 g/mol. The molecule has 0 aromatic rings. The van der Waals surface area contributed by atoms with Crippen LogP contribution < -0.4 is 5.32 Å². The average Bonchev–Trinajstić information content (AvgIpc) is 2.03. The van der Waals surface area contributed by atoms with E-state index in [1.165, 1.54) is 6.42 Å². The van der Waals surface area contributed by atoms with Crippen molar-refractivity contribution >= 4 is 5.78 Å². The summed E-state index contributed by atoms with van der Waals surface area (Å²) < 4.78 is 0. The largest absolute Gasteiger partial charge is 0.307 e. The molecule has 1 rings (SSSR count). The third kappa shape index (κ3) is 2.59. The molecule has 0 spiro atoms. The molecule has 1 aliphatic rings. The van der Waals surface area contributed by atoms with Gasteiger partial charge in [0.15, 0.2) is 0 Å². The molecule has 0 radical (unpaired) electrons. The number of rotatable bonds is 3. The molecule has 0 aromatic heterocycles. The van der Waals surface area contributed by atoms with Gasteiger partial charge in [0.25, 0.3) is 0 Å². The SMILES string of the molecule is CCCCC1NCC(C)CC1=O. The van der Waals surface area contributed by atoms with E-state index >= 15 is 0 Å². The molecule has 0 saturated carbocycles. The second kappa shape index (κ2) is 4.61. The normalized spacial score (nSPS) is 30.7. The lowest BCUT2D eigenvalue weighted by Gasteiger charge is -2.26. The van der Waals surface area contributed by atoms with E-state index in [4.69, 9.17) is 0 Å². The van der Waals surface area contributed by atoms with E-state index < -0.39 is 0 Å². The Kier molecular flexibility index (Phi) is 3.73. The van der Waals surface area contributed by atoms with Gasteiger partial charge in [-0.15, -0.1) is 0 Å². The maximum absolute atomic E-state index is 11.4. The van der Waals surface area contributed by atoms with Crippen molar-refractivity contribution in [3.8, 4) is 0 Å². The third-order valence-corrected chi connectivity index (χ3v) is 2.50. The minimum atomic E-state index is 0.168. The molecule has 2 heteroatoms. The van der Waals surface area contributed by atoms with Gasteiger partial charge >= 0.3 is 0 Å². The summed E-state index contributed by atoms with van der Waals surface area (Å²) in [6, 6.07) is 0.168. The van der Waals surface area contributed by atoms with Crippen LogP contribution in [0.25, 0.3) is 0 Å². The van der Waals surface area contributed by atoms with Crippen molar-refractivity contribution in [3.05, 3.63) is 0 Å². The molecule has 1 aliphatic heterocycles. The molecular formula is C10H19NO. The number of Topliss-reactive ketones (excluding diaryl/α,β-unsaturated/α-hetero) is 1. The lowest BCUT2D eigenvalue weighted by atomic mass is 9.92. The fourth-order valence-electron chi connectivity index (χ4n) is 1.69. The van der Waals surface area contributed by atoms with Gasteiger partial charge in [-0.2, -0.15) is 0 Å². The highest BCUT2D eigenvalue weighted by Gasteiger charge is 2.24. The quantitative estimate of drug-likeness (QED) is 0.697. The number of carbonyl (C=O) groups excluding carboxylic acids is 1. The lowest BCUT2D eigenvalue weighted by Crippen LogP contribution is -2.45. The number of carbonyl (C=O) groups is 1. The van der Waals surface area contributed by atoms with Gasteiger partial charge in [-0.3, -0.25) is 4.79 Å². The third-order valence-electron chi connectivity index (χ3n) is 2.50. The second-order valence-electron chi connectivity index (χ2n) is 3.88. The van der Waals surface area contributed by atoms with E-state index in [0.717, 1.165) is 25.8 Å². The minimum Gasteiger partial charge on any atom is -0.307 e. The number of unbranched alkanes of at least 4 members (excludes halogenated alkanes) is 1. The highest BCUT2D eigenvalue weighted by atomic mass is 16.1. The molecule has 1 heterocycles. The Morgan fingerprint density at radius 3 is 2.92 bits per heavy atom. The molecule has 70 valence electrons. The number of hydrogen-bond donors (Lipinski definition) is 1. The fraction of sp³-hybridized carbons (Fsp3) is 0.900. The Morgan fingerprint density at radius 2 is 2.33 bits per heavy atom. The molecule has 0 bridgehead atoms. The number of piperidine rings is 1. The maximum Gasteiger partial charge on any atom is 0.150 e. The number of ketones is 1. The van der Waals surface area contributed by atoms with Gasteiger partial charge in [0, 0.05) is 6.42 Å². The van der Waals surface area contributed by atoms with E-state index in [2.05, 4.69) is 19.2 Å². The first kappa shape index (κ1) is 9.72. The van der Waals surface area contributed by atoms with Gasteiger partial charge in [0.2, 0.25) is 0 Å². The van der Waals surface area contributed by atoms with Crippen LogP contribution in [0.3, 0.4) is 0 Å². The summed E-state index contributed by atoms with van der Waals surface area (Å²) in [6.07, 6.45) is 4.15. The summed E-state index contributed by atoms with van der Waals surface area (Å²) >= 11 is 0. The van der Waals surface area contributed by atoms with Crippen LogP contribution in [0, 0.1) is 5.92 Å². The van der Waals surface area contributed by atoms with Crippen LogP contribution in [0.2, 0.25) is 0 Å². The summed E-state index contributed by atoms with van der Waals surface area (Å²) in [5, 5.41) is 3.30. The Morgan fingerprint density at radius 1 is 1.58 bits per heavy atom. The van der Waals surface area contributed by atoms with Crippen molar-refractivity contribution in [2.45, 2.75) is 45.6 Å². The van der Waals surface area contributed by atoms with Crippen molar-refractivity contribution in [1.29, 1.82) is 0 Å². The minimum absolute atomic E-state index is 0.168. The molecule has 0 aromatic carbocycles. The van der Waals surface area contributed by atoms with E-state index in [-0.39, 0.29) is 6.04 Å². The topological polar surface area (TPSA) is 29.1 Å². The summed E-state index contributed by atoms with van der Waals surface area (Å²) in [7, 11) is 0. The molecule has 0 amide bonds. The van der Waals surface area contributed by atoms with Gasteiger partial charge in [-0.1, -0.05) is 26.7 Å². The van der Waals surface area contributed by atoms with Crippen molar-refractivity contribution in [1.82, 2.24) is 5.32 Å². The van der Waals surface area contributed by atoms with Crippen LogP contribution in [0.5, 0.6) is 0 Å². The molecule has 0 aliphatic carbocycles. The molecule has 12 heavy (non-hydrogen) atoms. The standard InChI is InChI=1S/C10H19NO/c1-3-4-5-9-10(12)6-8(2)7-11-9/h8-9,11H,3-7H2,1-2H3. The van der Waals surface area contributed by atoms with E-state index in [1.54, 1.807) is 0 Å². The Bertz CT molecular complexity index is 154. The Labute approximate surface area is 74.7 Å². The van der Waals surface area contributed by atoms with Crippen molar-refractivity contribution in [3.63, 3.8) is 0 Å². The summed E-state index contributed by atoms with van der Waals surface area (Å²) in [4.78, 5) is 11.4. The Balaban J connectivity index is 2.30. The molecule has 1 N–H and O–H groups in total. The highest BCUT2D eigenvalue weighted by Crippen LogP contribution is 2.13. The smallest absolute Gasteiger partial charge is 0.150 e. The predicted octanol–water partition coefficient (Wildman–Crippen LogP) is 1.74. The van der Waals surface area contributed by atoms with Crippen LogP contribution in [-0.4, -0.2) is 18.4 Å². The fourth-order valence-corrected chi connectivity index (χ4v) is 1.69. The summed E-state index contributed by atoms with van der Waals surface area (Å²) in [6.45, 7) is 5.30. The number of nitrogens with one attached hydrogen (secondary N) is 1. The van der Waals surface area contributed by atoms with E-state index in [1.807, 2.05) is 0 Å². The molecule has 1 saturated heterocycles. The number of hydrogen-bond acceptors (Lipinski definition) is 2. The zero-order valence-corrected chi connectivity index (χ0v) is 8.10. The first-order valence-electron chi connectivity index (χ1n) is 5.00. The van der Waals surface area contributed by atoms with Crippen molar-refractivity contribution in [2.24, 2.45) is 5.92 Å². The molecule has 1 fully saturated rings. The van der Waals surface area contributed by atoms with Gasteiger partial charge < -0.3 is 5.32 Å². The average molecular weight is 169 g/mol. The molecule has 2 atom stereocenters. The lowest BCUT2D eigenvalue weighted by molar-refractivity contribution is -0.123. The first-order chi connectivity index (χ1) is 5.74. The van der Waals surface area contributed by atoms with Crippen molar-refractivity contribution < 1.29 is 4.79 Å². The highest BCUT2D eigenvalue weighted by molar-refractivity contribution is 5.84. The van der Waals surface area contributed by atoms with Crippen LogP contribution in [0.15, 0.2) is 0 Å². The van der Waals surface area contributed by atoms with Crippen LogP contribution >= 0.6 is 0 Å². The van der Waals surface area contributed by atoms with Crippen LogP contribution in [0.1, 0.15) is 39.5 Å². The zero-order valence-electron chi connectivity index (χ0n) is 8.10. The van der Waals surface area contributed by atoms with E-state index in [9.17, 15) is 4.79 Å². The first-order valence-corrected chi connectivity index (χ1v) is 5.00. The molecule has 2 unspecified atom stereocenters. The second-order valence-corrected chi connectivity index (χ2v) is 3.88. The van der Waals surface area contributed by atoms with Crippen LogP contribution in [0.4, 0.5) is 0 Å². The van der Waals surface area contributed by atoms with Crippen LogP contribution in [-0.2, 0) is 4.79 Å². The maximum atomic E-state index is 11.4. The zero-order chi connectivity index (χ0) is 8.97. The van der Waals surface area contributed by atoms with E-state index in [0.29, 0.717) is 11.7 Å². The van der Waals surface area contributed by atoms with Gasteiger partial charge in [0.05, 0.1) is 6.04 Å².